The maximum atomic E-state index is 12.7. The van der Waals surface area contributed by atoms with Crippen LogP contribution in [0.15, 0.2) is 24.4 Å². The number of carbonyl (C=O) groups is 1. The molecule has 2 aliphatic rings. The number of aromatic nitrogens is 2. The van der Waals surface area contributed by atoms with E-state index in [-0.39, 0.29) is 5.91 Å². The van der Waals surface area contributed by atoms with Gasteiger partial charge in [0.25, 0.3) is 0 Å². The number of halogens is 2. The first-order valence-electron chi connectivity index (χ1n) is 9.49. The molecule has 1 saturated heterocycles. The first kappa shape index (κ1) is 19.4. The minimum atomic E-state index is 0.128. The number of carbonyl (C=O) groups excluding carboxylic acids is 1. The highest BCUT2D eigenvalue weighted by Crippen LogP contribution is 2.24. The van der Waals surface area contributed by atoms with Crippen molar-refractivity contribution in [2.75, 3.05) is 37.7 Å². The third-order valence-corrected chi connectivity index (χ3v) is 5.93. The minimum absolute atomic E-state index is 0.128. The van der Waals surface area contributed by atoms with Gasteiger partial charge >= 0.3 is 0 Å². The Morgan fingerprint density at radius 2 is 1.96 bits per heavy atom. The average Bonchev–Trinajstić information content (AvgIpc) is 2.74. The van der Waals surface area contributed by atoms with Crippen molar-refractivity contribution in [1.82, 2.24) is 14.9 Å². The first-order chi connectivity index (χ1) is 13.6. The van der Waals surface area contributed by atoms with Crippen molar-refractivity contribution in [3.63, 3.8) is 0 Å². The van der Waals surface area contributed by atoms with E-state index < -0.39 is 0 Å². The highest BCUT2D eigenvalue weighted by atomic mass is 35.5. The topological polar surface area (TPSA) is 58.6 Å². The van der Waals surface area contributed by atoms with Crippen molar-refractivity contribution in [2.24, 2.45) is 0 Å². The van der Waals surface area contributed by atoms with Crippen LogP contribution in [-0.2, 0) is 28.9 Å². The molecule has 4 rings (SSSR count). The number of anilines is 1. The third kappa shape index (κ3) is 4.40. The van der Waals surface area contributed by atoms with Gasteiger partial charge in [0.1, 0.15) is 0 Å². The highest BCUT2D eigenvalue weighted by molar-refractivity contribution is 6.42. The molecule has 2 aromatic rings. The summed E-state index contributed by atoms with van der Waals surface area (Å²) in [6.07, 6.45) is 3.78. The van der Waals surface area contributed by atoms with E-state index >= 15 is 0 Å². The molecule has 3 heterocycles. The molecule has 0 aliphatic carbocycles. The Morgan fingerprint density at radius 1 is 1.14 bits per heavy atom. The number of fused-ring (bicyclic) bond motifs is 1. The molecule has 6 nitrogen and oxygen atoms in total. The molecule has 1 amide bonds. The molecule has 1 aromatic heterocycles. The van der Waals surface area contributed by atoms with Crippen LogP contribution in [0.2, 0.25) is 10.0 Å². The van der Waals surface area contributed by atoms with Crippen molar-refractivity contribution >= 4 is 35.1 Å². The Hall–Kier alpha value is -1.89. The zero-order chi connectivity index (χ0) is 19.5. The lowest BCUT2D eigenvalue weighted by Crippen LogP contribution is -2.39. The molecule has 0 saturated carbocycles. The van der Waals surface area contributed by atoms with Gasteiger partial charge in [-0.2, -0.15) is 0 Å². The summed E-state index contributed by atoms with van der Waals surface area (Å²) in [5, 5.41) is 1.05. The maximum absolute atomic E-state index is 12.7. The summed E-state index contributed by atoms with van der Waals surface area (Å²) in [5.74, 6) is 0.857. The van der Waals surface area contributed by atoms with Gasteiger partial charge in [0.2, 0.25) is 11.9 Å². The highest BCUT2D eigenvalue weighted by Gasteiger charge is 2.23. The number of rotatable bonds is 4. The van der Waals surface area contributed by atoms with E-state index in [9.17, 15) is 4.79 Å². The van der Waals surface area contributed by atoms with Gasteiger partial charge in [-0.25, -0.2) is 9.97 Å². The van der Waals surface area contributed by atoms with E-state index in [1.165, 1.54) is 0 Å². The molecule has 1 fully saturated rings. The van der Waals surface area contributed by atoms with E-state index in [0.717, 1.165) is 42.3 Å². The lowest BCUT2D eigenvalue weighted by atomic mass is 10.1. The molecule has 148 valence electrons. The van der Waals surface area contributed by atoms with Gasteiger partial charge in [0.15, 0.2) is 0 Å². The quantitative estimate of drug-likeness (QED) is 0.760. The Balaban J connectivity index is 1.39. The molecule has 2 aliphatic heterocycles. The standard InChI is InChI=1S/C20H22Cl2N4O2/c21-16-3-1-14(11-17(16)22)2-4-19(27)26-6-5-15-12-23-20(24-18(15)13-26)25-7-9-28-10-8-25/h1,3,11-12H,2,4-10,13H2. The zero-order valence-electron chi connectivity index (χ0n) is 15.5. The van der Waals surface area contributed by atoms with Crippen LogP contribution >= 0.6 is 23.2 Å². The Bertz CT molecular complexity index is 871. The minimum Gasteiger partial charge on any atom is -0.378 e. The van der Waals surface area contributed by atoms with E-state index in [2.05, 4.69) is 9.88 Å². The summed E-state index contributed by atoms with van der Waals surface area (Å²) in [5.41, 5.74) is 3.09. The predicted octanol–water partition coefficient (Wildman–Crippen LogP) is 3.14. The first-order valence-corrected chi connectivity index (χ1v) is 10.2. The summed E-state index contributed by atoms with van der Waals surface area (Å²) in [7, 11) is 0. The molecular formula is C20H22Cl2N4O2. The van der Waals surface area contributed by atoms with Crippen LogP contribution in [0.25, 0.3) is 0 Å². The average molecular weight is 421 g/mol. The van der Waals surface area contributed by atoms with Crippen molar-refractivity contribution in [3.05, 3.63) is 51.3 Å². The number of amides is 1. The second-order valence-corrected chi connectivity index (χ2v) is 7.87. The molecule has 0 atom stereocenters. The fourth-order valence-electron chi connectivity index (χ4n) is 3.53. The third-order valence-electron chi connectivity index (χ3n) is 5.19. The van der Waals surface area contributed by atoms with Crippen LogP contribution in [0.3, 0.4) is 0 Å². The fraction of sp³-hybridized carbons (Fsp3) is 0.450. The number of morpholine rings is 1. The van der Waals surface area contributed by atoms with E-state index in [4.69, 9.17) is 32.9 Å². The number of aryl methyl sites for hydroxylation is 1. The molecule has 0 bridgehead atoms. The largest absolute Gasteiger partial charge is 0.378 e. The van der Waals surface area contributed by atoms with Crippen LogP contribution in [-0.4, -0.2) is 53.6 Å². The Labute approximate surface area is 174 Å². The van der Waals surface area contributed by atoms with E-state index in [0.29, 0.717) is 49.2 Å². The predicted molar refractivity (Wildman–Crippen MR) is 109 cm³/mol. The number of nitrogens with zero attached hydrogens (tertiary/aromatic N) is 4. The molecule has 8 heteroatoms. The lowest BCUT2D eigenvalue weighted by molar-refractivity contribution is -0.132. The van der Waals surface area contributed by atoms with Gasteiger partial charge in [-0.1, -0.05) is 29.3 Å². The van der Waals surface area contributed by atoms with Gasteiger partial charge in [-0.15, -0.1) is 0 Å². The second-order valence-electron chi connectivity index (χ2n) is 7.06. The van der Waals surface area contributed by atoms with Crippen LogP contribution < -0.4 is 4.90 Å². The van der Waals surface area contributed by atoms with Crippen molar-refractivity contribution < 1.29 is 9.53 Å². The SMILES string of the molecule is O=C(CCc1ccc(Cl)c(Cl)c1)N1CCc2cnc(N3CCOCC3)nc2C1. The smallest absolute Gasteiger partial charge is 0.225 e. The van der Waals surface area contributed by atoms with Gasteiger partial charge in [-0.05, 0) is 36.1 Å². The van der Waals surface area contributed by atoms with Gasteiger partial charge in [0, 0.05) is 32.3 Å². The molecular weight excluding hydrogens is 399 g/mol. The molecule has 1 aromatic carbocycles. The monoisotopic (exact) mass is 420 g/mol. The molecule has 0 radical (unpaired) electrons. The van der Waals surface area contributed by atoms with Crippen LogP contribution in [0.1, 0.15) is 23.2 Å². The maximum Gasteiger partial charge on any atom is 0.225 e. The van der Waals surface area contributed by atoms with Crippen molar-refractivity contribution in [1.29, 1.82) is 0 Å². The number of benzene rings is 1. The Kier molecular flexibility index (Phi) is 5.99. The van der Waals surface area contributed by atoms with E-state index in [1.807, 2.05) is 23.2 Å². The molecule has 0 unspecified atom stereocenters. The summed E-state index contributed by atoms with van der Waals surface area (Å²) in [4.78, 5) is 26.0. The van der Waals surface area contributed by atoms with Crippen LogP contribution in [0, 0.1) is 0 Å². The molecule has 0 N–H and O–H groups in total. The second kappa shape index (κ2) is 8.64. The summed E-state index contributed by atoms with van der Waals surface area (Å²) in [6, 6.07) is 5.50. The number of ether oxygens (including phenoxy) is 1. The summed E-state index contributed by atoms with van der Waals surface area (Å²) < 4.78 is 5.39. The van der Waals surface area contributed by atoms with Crippen LogP contribution in [0.4, 0.5) is 5.95 Å². The Morgan fingerprint density at radius 3 is 2.75 bits per heavy atom. The van der Waals surface area contributed by atoms with Gasteiger partial charge in [0.05, 0.1) is 35.5 Å². The van der Waals surface area contributed by atoms with E-state index in [1.54, 1.807) is 6.07 Å². The fourth-order valence-corrected chi connectivity index (χ4v) is 3.85. The number of hydrogen-bond donors (Lipinski definition) is 0. The normalized spacial score (nSPS) is 16.8. The zero-order valence-corrected chi connectivity index (χ0v) is 17.0. The summed E-state index contributed by atoms with van der Waals surface area (Å²) >= 11 is 12.0. The van der Waals surface area contributed by atoms with Gasteiger partial charge < -0.3 is 14.5 Å². The molecule has 0 spiro atoms. The van der Waals surface area contributed by atoms with Crippen molar-refractivity contribution in [2.45, 2.75) is 25.8 Å². The van der Waals surface area contributed by atoms with Crippen molar-refractivity contribution in [3.8, 4) is 0 Å². The lowest BCUT2D eigenvalue weighted by Gasteiger charge is -2.30. The molecule has 28 heavy (non-hydrogen) atoms. The van der Waals surface area contributed by atoms with Gasteiger partial charge in [-0.3, -0.25) is 4.79 Å². The van der Waals surface area contributed by atoms with Crippen LogP contribution in [0.5, 0.6) is 0 Å². The summed E-state index contributed by atoms with van der Waals surface area (Å²) in [6.45, 7) is 4.22. The number of hydrogen-bond acceptors (Lipinski definition) is 5.